The highest BCUT2D eigenvalue weighted by Crippen LogP contribution is 2.47. The fourth-order valence-electron chi connectivity index (χ4n) is 4.50. The molecule has 3 aromatic rings. The van der Waals surface area contributed by atoms with E-state index in [1.807, 2.05) is 30.3 Å². The Labute approximate surface area is 224 Å². The molecule has 2 aromatic carbocycles. The van der Waals surface area contributed by atoms with Gasteiger partial charge in [-0.1, -0.05) is 30.3 Å². The van der Waals surface area contributed by atoms with E-state index in [-0.39, 0.29) is 18.9 Å². The Kier molecular flexibility index (Phi) is 9.16. The number of carbonyl (C=O) groups excluding carboxylic acids is 1. The predicted octanol–water partition coefficient (Wildman–Crippen LogP) is 4.04. The Morgan fingerprint density at radius 3 is 2.76 bits per heavy atom. The Bertz CT molecular complexity index is 1300. The fraction of sp³-hybridized carbons (Fsp3) is 0.370. The van der Waals surface area contributed by atoms with Crippen molar-refractivity contribution >= 4 is 33.9 Å². The minimum absolute atomic E-state index is 0.0510. The van der Waals surface area contributed by atoms with Crippen molar-refractivity contribution in [3.8, 4) is 5.75 Å². The van der Waals surface area contributed by atoms with Crippen molar-refractivity contribution in [2.75, 3.05) is 26.3 Å². The molecule has 1 aliphatic heterocycles. The van der Waals surface area contributed by atoms with Gasteiger partial charge in [-0.25, -0.2) is 4.99 Å². The first kappa shape index (κ1) is 27.4. The fourth-order valence-corrected chi connectivity index (χ4v) is 5.42. The molecule has 10 nitrogen and oxygen atoms in total. The number of rotatable bonds is 12. The summed E-state index contributed by atoms with van der Waals surface area (Å²) in [4.78, 5) is 28.7. The summed E-state index contributed by atoms with van der Waals surface area (Å²) in [7, 11) is 0. The molecule has 2 heterocycles. The van der Waals surface area contributed by atoms with Crippen LogP contribution in [0.25, 0.3) is 0 Å². The number of aromatic nitrogens is 1. The number of non-ortho nitro benzene ring substituents is 1. The van der Waals surface area contributed by atoms with E-state index >= 15 is 0 Å². The summed E-state index contributed by atoms with van der Waals surface area (Å²) in [6.45, 7) is 4.74. The van der Waals surface area contributed by atoms with Crippen LogP contribution in [-0.4, -0.2) is 58.5 Å². The molecule has 0 radical (unpaired) electrons. The van der Waals surface area contributed by atoms with Gasteiger partial charge in [-0.15, -0.1) is 0 Å². The van der Waals surface area contributed by atoms with E-state index in [9.17, 15) is 20.0 Å². The van der Waals surface area contributed by atoms with Crippen LogP contribution >= 0.6 is 11.5 Å². The van der Waals surface area contributed by atoms with E-state index in [1.54, 1.807) is 26.0 Å². The third kappa shape index (κ3) is 6.42. The van der Waals surface area contributed by atoms with Gasteiger partial charge in [0.2, 0.25) is 0 Å². The highest BCUT2D eigenvalue weighted by atomic mass is 32.1. The Balaban J connectivity index is 1.50. The van der Waals surface area contributed by atoms with Crippen molar-refractivity contribution in [3.05, 3.63) is 81.5 Å². The normalized spacial score (nSPS) is 17.3. The molecular weight excluding hydrogens is 508 g/mol. The van der Waals surface area contributed by atoms with Crippen LogP contribution in [0.2, 0.25) is 0 Å². The van der Waals surface area contributed by atoms with E-state index in [1.165, 1.54) is 23.7 Å². The lowest BCUT2D eigenvalue weighted by Gasteiger charge is -2.30. The van der Waals surface area contributed by atoms with Gasteiger partial charge in [-0.3, -0.25) is 14.9 Å². The molecule has 3 unspecified atom stereocenters. The topological polar surface area (TPSA) is 136 Å². The maximum Gasteiger partial charge on any atom is 0.315 e. The number of nitro benzene ring substituents is 1. The molecule has 200 valence electrons. The Morgan fingerprint density at radius 2 is 2.03 bits per heavy atom. The quantitative estimate of drug-likeness (QED) is 0.153. The molecule has 0 spiro atoms. The largest absolute Gasteiger partial charge is 0.491 e. The monoisotopic (exact) mass is 538 g/mol. The van der Waals surface area contributed by atoms with Gasteiger partial charge >= 0.3 is 5.97 Å². The van der Waals surface area contributed by atoms with Crippen molar-refractivity contribution in [2.45, 2.75) is 32.3 Å². The van der Waals surface area contributed by atoms with E-state index in [4.69, 9.17) is 9.47 Å². The maximum absolute atomic E-state index is 13.0. The minimum Gasteiger partial charge on any atom is -0.491 e. The average Bonchev–Trinajstić information content (AvgIpc) is 3.32. The van der Waals surface area contributed by atoms with Crippen LogP contribution in [-0.2, 0) is 16.0 Å². The van der Waals surface area contributed by atoms with Gasteiger partial charge in [-0.2, -0.15) is 4.37 Å². The smallest absolute Gasteiger partial charge is 0.315 e. The number of ether oxygens (including phenoxy) is 2. The summed E-state index contributed by atoms with van der Waals surface area (Å²) in [5, 5.41) is 25.7. The SMILES string of the molecule is CCOC(=O)C1C(C)=Nc2snc(CCNCC(O)COc3ccccc3)c2C1c1cccc([N+](=O)[O-])c1. The van der Waals surface area contributed by atoms with Gasteiger partial charge in [-0.05, 0) is 43.1 Å². The highest BCUT2D eigenvalue weighted by molar-refractivity contribution is 7.10. The number of hydrogen-bond acceptors (Lipinski definition) is 10. The van der Waals surface area contributed by atoms with Crippen LogP contribution in [0.5, 0.6) is 5.75 Å². The molecule has 0 amide bonds. The molecule has 0 aliphatic carbocycles. The van der Waals surface area contributed by atoms with Crippen molar-refractivity contribution in [1.29, 1.82) is 0 Å². The maximum atomic E-state index is 13.0. The number of para-hydroxylation sites is 1. The van der Waals surface area contributed by atoms with E-state index < -0.39 is 28.8 Å². The van der Waals surface area contributed by atoms with Crippen molar-refractivity contribution in [2.24, 2.45) is 10.9 Å². The second-order valence-corrected chi connectivity index (χ2v) is 9.64. The molecule has 38 heavy (non-hydrogen) atoms. The number of fused-ring (bicyclic) bond motifs is 1. The third-order valence-electron chi connectivity index (χ3n) is 6.24. The van der Waals surface area contributed by atoms with Gasteiger partial charge in [0.15, 0.2) is 0 Å². The number of hydrogen-bond donors (Lipinski definition) is 2. The molecule has 3 atom stereocenters. The molecule has 11 heteroatoms. The lowest BCUT2D eigenvalue weighted by atomic mass is 9.76. The summed E-state index contributed by atoms with van der Waals surface area (Å²) in [6.07, 6.45) is -0.175. The number of nitrogens with zero attached hydrogens (tertiary/aromatic N) is 3. The zero-order chi connectivity index (χ0) is 27.1. The van der Waals surface area contributed by atoms with E-state index in [0.717, 1.165) is 11.3 Å². The molecule has 2 N–H and O–H groups in total. The molecule has 1 aromatic heterocycles. The minimum atomic E-state index is -0.718. The third-order valence-corrected chi connectivity index (χ3v) is 7.04. The number of nitrogens with one attached hydrogen (secondary N) is 1. The molecular formula is C27H30N4O6S. The lowest BCUT2D eigenvalue weighted by molar-refractivity contribution is -0.384. The van der Waals surface area contributed by atoms with Crippen molar-refractivity contribution in [1.82, 2.24) is 9.69 Å². The Hall–Kier alpha value is -3.67. The number of benzene rings is 2. The van der Waals surface area contributed by atoms with Gasteiger partial charge in [0.25, 0.3) is 5.69 Å². The highest BCUT2D eigenvalue weighted by Gasteiger charge is 2.41. The van der Waals surface area contributed by atoms with Crippen LogP contribution in [0, 0.1) is 16.0 Å². The number of nitro groups is 1. The van der Waals surface area contributed by atoms with Crippen LogP contribution in [0.15, 0.2) is 59.6 Å². The van der Waals surface area contributed by atoms with Crippen molar-refractivity contribution < 1.29 is 24.3 Å². The molecule has 4 rings (SSSR count). The van der Waals surface area contributed by atoms with Crippen molar-refractivity contribution in [3.63, 3.8) is 0 Å². The molecule has 1 aliphatic rings. The van der Waals surface area contributed by atoms with Crippen LogP contribution < -0.4 is 10.1 Å². The number of aliphatic hydroxyl groups excluding tert-OH is 1. The number of esters is 1. The number of carbonyl (C=O) groups is 1. The first-order chi connectivity index (χ1) is 18.4. The summed E-state index contributed by atoms with van der Waals surface area (Å²) in [5.41, 5.74) is 2.71. The summed E-state index contributed by atoms with van der Waals surface area (Å²) in [5.74, 6) is -0.961. The first-order valence-corrected chi connectivity index (χ1v) is 13.2. The average molecular weight is 539 g/mol. The zero-order valence-corrected chi connectivity index (χ0v) is 22.0. The molecule has 0 saturated carbocycles. The van der Waals surface area contributed by atoms with Gasteiger partial charge in [0, 0.05) is 48.8 Å². The van der Waals surface area contributed by atoms with Gasteiger partial charge in [0.1, 0.15) is 29.4 Å². The molecule has 0 bridgehead atoms. The van der Waals surface area contributed by atoms with Gasteiger partial charge < -0.3 is 19.9 Å². The zero-order valence-electron chi connectivity index (χ0n) is 21.2. The molecule has 0 saturated heterocycles. The van der Waals surface area contributed by atoms with E-state index in [0.29, 0.717) is 41.5 Å². The standard InChI is InChI=1S/C27H30N4O6S/c1-3-36-27(33)23-17(2)29-26-25(24(23)18-8-7-9-19(14-18)31(34)35)22(30-38-26)12-13-28-15-20(32)16-37-21-10-5-4-6-11-21/h4-11,14,20,23-24,28,32H,3,12-13,15-16H2,1-2H3. The summed E-state index contributed by atoms with van der Waals surface area (Å²) in [6, 6.07) is 15.6. The second kappa shape index (κ2) is 12.7. The molecule has 0 fully saturated rings. The lowest BCUT2D eigenvalue weighted by Crippen LogP contribution is -2.34. The number of aliphatic imine (C=N–C) groups is 1. The summed E-state index contributed by atoms with van der Waals surface area (Å²) >= 11 is 1.24. The summed E-state index contributed by atoms with van der Waals surface area (Å²) < 4.78 is 15.6. The first-order valence-electron chi connectivity index (χ1n) is 12.4. The van der Waals surface area contributed by atoms with Crippen LogP contribution in [0.4, 0.5) is 10.7 Å². The predicted molar refractivity (Wildman–Crippen MR) is 144 cm³/mol. The van der Waals surface area contributed by atoms with E-state index in [2.05, 4.69) is 14.7 Å². The van der Waals surface area contributed by atoms with Gasteiger partial charge in [0.05, 0.1) is 17.2 Å². The Morgan fingerprint density at radius 1 is 1.24 bits per heavy atom. The van der Waals surface area contributed by atoms with Crippen LogP contribution in [0.3, 0.4) is 0 Å². The number of aliphatic hydroxyl groups is 1. The second-order valence-electron chi connectivity index (χ2n) is 8.89. The van der Waals surface area contributed by atoms with Crippen LogP contribution in [0.1, 0.15) is 36.6 Å².